The minimum absolute atomic E-state index is 0.0338. The lowest BCUT2D eigenvalue weighted by atomic mass is 9.95. The maximum atomic E-state index is 14.1. The van der Waals surface area contributed by atoms with Crippen LogP contribution in [0, 0.1) is 11.7 Å². The van der Waals surface area contributed by atoms with E-state index in [1.165, 1.54) is 38.2 Å². The van der Waals surface area contributed by atoms with Crippen molar-refractivity contribution in [3.8, 4) is 5.75 Å². The van der Waals surface area contributed by atoms with Gasteiger partial charge in [-0.1, -0.05) is 32.3 Å². The molecule has 112 valence electrons. The topological polar surface area (TPSA) is 21.3 Å². The Bertz CT molecular complexity index is 435. The molecule has 0 amide bonds. The third-order valence-corrected chi connectivity index (χ3v) is 4.50. The molecular formula is C17H26FNO. The smallest absolute Gasteiger partial charge is 0.131 e. The average Bonchev–Trinajstić information content (AvgIpc) is 2.64. The Morgan fingerprint density at radius 1 is 1.25 bits per heavy atom. The van der Waals surface area contributed by atoms with Crippen LogP contribution in [0.2, 0.25) is 0 Å². The summed E-state index contributed by atoms with van der Waals surface area (Å²) >= 11 is 0. The summed E-state index contributed by atoms with van der Waals surface area (Å²) < 4.78 is 19.2. The van der Waals surface area contributed by atoms with Gasteiger partial charge in [-0.3, -0.25) is 0 Å². The van der Waals surface area contributed by atoms with Crippen LogP contribution in [0.15, 0.2) is 18.2 Å². The zero-order chi connectivity index (χ0) is 14.5. The molecule has 0 saturated heterocycles. The molecule has 1 aliphatic carbocycles. The molecule has 0 aliphatic heterocycles. The van der Waals surface area contributed by atoms with Crippen molar-refractivity contribution in [3.05, 3.63) is 29.6 Å². The van der Waals surface area contributed by atoms with Crippen molar-refractivity contribution < 1.29 is 9.13 Å². The molecule has 1 N–H and O–H groups in total. The normalized spacial score (nSPS) is 25.0. The Morgan fingerprint density at radius 2 is 2.00 bits per heavy atom. The number of hydrogen-bond donors (Lipinski definition) is 1. The molecule has 1 aliphatic rings. The summed E-state index contributed by atoms with van der Waals surface area (Å²) in [5, 5.41) is 3.62. The second-order valence-corrected chi connectivity index (χ2v) is 6.00. The van der Waals surface area contributed by atoms with Gasteiger partial charge < -0.3 is 10.1 Å². The van der Waals surface area contributed by atoms with Crippen molar-refractivity contribution in [2.24, 2.45) is 5.92 Å². The van der Waals surface area contributed by atoms with Crippen LogP contribution < -0.4 is 10.1 Å². The first kappa shape index (κ1) is 15.3. The molecule has 0 heterocycles. The molecule has 3 atom stereocenters. The van der Waals surface area contributed by atoms with Crippen LogP contribution >= 0.6 is 0 Å². The molecule has 1 aromatic rings. The van der Waals surface area contributed by atoms with Gasteiger partial charge in [-0.05, 0) is 31.7 Å². The number of methoxy groups -OCH3 is 1. The highest BCUT2D eigenvalue weighted by Crippen LogP contribution is 2.27. The van der Waals surface area contributed by atoms with Crippen LogP contribution in [0.3, 0.4) is 0 Å². The Morgan fingerprint density at radius 3 is 2.70 bits per heavy atom. The van der Waals surface area contributed by atoms with E-state index in [0.717, 1.165) is 5.56 Å². The standard InChI is InChI=1S/C17H26FNO/c1-12-7-5-4-6-8-17(12)19-13(2)15-10-9-14(20-3)11-16(15)18/h9-13,17,19H,4-8H2,1-3H3. The first-order valence-electron chi connectivity index (χ1n) is 7.71. The van der Waals surface area contributed by atoms with Crippen molar-refractivity contribution in [2.45, 2.75) is 58.0 Å². The fraction of sp³-hybridized carbons (Fsp3) is 0.647. The SMILES string of the molecule is COc1ccc(C(C)NC2CCCCCC2C)c(F)c1. The lowest BCUT2D eigenvalue weighted by Crippen LogP contribution is -2.36. The highest BCUT2D eigenvalue weighted by atomic mass is 19.1. The maximum absolute atomic E-state index is 14.1. The Balaban J connectivity index is 2.05. The van der Waals surface area contributed by atoms with E-state index in [0.29, 0.717) is 17.7 Å². The number of nitrogens with one attached hydrogen (secondary N) is 1. The minimum Gasteiger partial charge on any atom is -0.497 e. The summed E-state index contributed by atoms with van der Waals surface area (Å²) in [5.74, 6) is 1.05. The fourth-order valence-corrected chi connectivity index (χ4v) is 3.14. The summed E-state index contributed by atoms with van der Waals surface area (Å²) in [7, 11) is 1.56. The molecule has 2 nitrogen and oxygen atoms in total. The van der Waals surface area contributed by atoms with Crippen LogP contribution in [-0.4, -0.2) is 13.2 Å². The van der Waals surface area contributed by atoms with Crippen molar-refractivity contribution >= 4 is 0 Å². The van der Waals surface area contributed by atoms with Gasteiger partial charge in [0.2, 0.25) is 0 Å². The van der Waals surface area contributed by atoms with Gasteiger partial charge in [0.25, 0.3) is 0 Å². The second-order valence-electron chi connectivity index (χ2n) is 6.00. The molecule has 20 heavy (non-hydrogen) atoms. The van der Waals surface area contributed by atoms with Gasteiger partial charge in [0.1, 0.15) is 11.6 Å². The summed E-state index contributed by atoms with van der Waals surface area (Å²) in [5.41, 5.74) is 0.724. The van der Waals surface area contributed by atoms with E-state index < -0.39 is 0 Å². The van der Waals surface area contributed by atoms with Crippen molar-refractivity contribution in [1.82, 2.24) is 5.32 Å². The van der Waals surface area contributed by atoms with E-state index in [1.54, 1.807) is 7.11 Å². The molecule has 0 aromatic heterocycles. The summed E-state index contributed by atoms with van der Waals surface area (Å²) in [4.78, 5) is 0. The summed E-state index contributed by atoms with van der Waals surface area (Å²) in [6.07, 6.45) is 6.40. The van der Waals surface area contributed by atoms with E-state index in [9.17, 15) is 4.39 Å². The lowest BCUT2D eigenvalue weighted by molar-refractivity contribution is 0.326. The Hall–Kier alpha value is -1.09. The fourth-order valence-electron chi connectivity index (χ4n) is 3.14. The largest absolute Gasteiger partial charge is 0.497 e. The zero-order valence-corrected chi connectivity index (χ0v) is 12.8. The van der Waals surface area contributed by atoms with Crippen LogP contribution in [0.25, 0.3) is 0 Å². The van der Waals surface area contributed by atoms with Gasteiger partial charge in [-0.2, -0.15) is 0 Å². The third kappa shape index (κ3) is 3.72. The number of halogens is 1. The van der Waals surface area contributed by atoms with E-state index in [4.69, 9.17) is 4.74 Å². The molecule has 0 spiro atoms. The molecular weight excluding hydrogens is 253 g/mol. The van der Waals surface area contributed by atoms with Crippen LogP contribution in [0.5, 0.6) is 5.75 Å². The monoisotopic (exact) mass is 279 g/mol. The van der Waals surface area contributed by atoms with Gasteiger partial charge in [-0.15, -0.1) is 0 Å². The van der Waals surface area contributed by atoms with Gasteiger partial charge >= 0.3 is 0 Å². The van der Waals surface area contributed by atoms with E-state index >= 15 is 0 Å². The first-order valence-corrected chi connectivity index (χ1v) is 7.71. The number of ether oxygens (including phenoxy) is 1. The number of hydrogen-bond acceptors (Lipinski definition) is 2. The molecule has 3 heteroatoms. The lowest BCUT2D eigenvalue weighted by Gasteiger charge is -2.27. The van der Waals surface area contributed by atoms with Gasteiger partial charge in [0.15, 0.2) is 0 Å². The van der Waals surface area contributed by atoms with Gasteiger partial charge in [0, 0.05) is 23.7 Å². The molecule has 1 fully saturated rings. The molecule has 0 bridgehead atoms. The molecule has 1 saturated carbocycles. The van der Waals surface area contributed by atoms with Crippen LogP contribution in [-0.2, 0) is 0 Å². The predicted molar refractivity (Wildman–Crippen MR) is 80.5 cm³/mol. The van der Waals surface area contributed by atoms with E-state index in [1.807, 2.05) is 19.1 Å². The molecule has 1 aromatic carbocycles. The highest BCUT2D eigenvalue weighted by Gasteiger charge is 2.22. The van der Waals surface area contributed by atoms with Crippen LogP contribution in [0.4, 0.5) is 4.39 Å². The van der Waals surface area contributed by atoms with E-state index in [-0.39, 0.29) is 11.9 Å². The number of rotatable bonds is 4. The molecule has 3 unspecified atom stereocenters. The second kappa shape index (κ2) is 7.07. The Labute approximate surface area is 121 Å². The number of benzene rings is 1. The van der Waals surface area contributed by atoms with Crippen LogP contribution in [0.1, 0.15) is 57.6 Å². The quantitative estimate of drug-likeness (QED) is 0.822. The van der Waals surface area contributed by atoms with Crippen molar-refractivity contribution in [3.63, 3.8) is 0 Å². The Kier molecular flexibility index (Phi) is 5.41. The molecule has 0 radical (unpaired) electrons. The highest BCUT2D eigenvalue weighted by molar-refractivity contribution is 5.30. The van der Waals surface area contributed by atoms with Crippen molar-refractivity contribution in [1.29, 1.82) is 0 Å². The molecule has 2 rings (SSSR count). The summed E-state index contributed by atoms with van der Waals surface area (Å²) in [6, 6.07) is 5.64. The minimum atomic E-state index is -0.189. The average molecular weight is 279 g/mol. The third-order valence-electron chi connectivity index (χ3n) is 4.50. The summed E-state index contributed by atoms with van der Waals surface area (Å²) in [6.45, 7) is 4.35. The van der Waals surface area contributed by atoms with Gasteiger partial charge in [-0.25, -0.2) is 4.39 Å². The predicted octanol–water partition coefficient (Wildman–Crippen LogP) is 4.45. The van der Waals surface area contributed by atoms with Crippen molar-refractivity contribution in [2.75, 3.05) is 7.11 Å². The maximum Gasteiger partial charge on any atom is 0.131 e. The first-order chi connectivity index (χ1) is 9.61. The zero-order valence-electron chi connectivity index (χ0n) is 12.8. The van der Waals surface area contributed by atoms with Gasteiger partial charge in [0.05, 0.1) is 7.11 Å². The van der Waals surface area contributed by atoms with E-state index in [2.05, 4.69) is 12.2 Å².